The maximum atomic E-state index is 14.5. The minimum Gasteiger partial charge on any atom is -0.493 e. The molecule has 1 saturated heterocycles. The van der Waals surface area contributed by atoms with Gasteiger partial charge >= 0.3 is 0 Å². The summed E-state index contributed by atoms with van der Waals surface area (Å²) in [6.45, 7) is 0.968. The van der Waals surface area contributed by atoms with Crippen molar-refractivity contribution in [3.8, 4) is 11.5 Å². The Kier molecular flexibility index (Phi) is 8.14. The van der Waals surface area contributed by atoms with E-state index in [1.807, 2.05) is 6.07 Å². The summed E-state index contributed by atoms with van der Waals surface area (Å²) in [6.07, 6.45) is 8.29. The third-order valence-corrected chi connectivity index (χ3v) is 7.92. The molecule has 0 radical (unpaired) electrons. The number of benzene rings is 2. The van der Waals surface area contributed by atoms with Crippen LogP contribution in [0.15, 0.2) is 36.7 Å². The first-order valence-corrected chi connectivity index (χ1v) is 13.5. The van der Waals surface area contributed by atoms with Gasteiger partial charge in [-0.3, -0.25) is 9.69 Å². The smallest absolute Gasteiger partial charge is 0.237 e. The highest BCUT2D eigenvalue weighted by atomic mass is 35.5. The van der Waals surface area contributed by atoms with Crippen LogP contribution in [0.25, 0.3) is 10.9 Å². The number of nitrogens with zero attached hydrogens (tertiary/aromatic N) is 3. The summed E-state index contributed by atoms with van der Waals surface area (Å²) >= 11 is 5.96. The zero-order chi connectivity index (χ0) is 26.6. The second-order valence-corrected chi connectivity index (χ2v) is 10.3. The molecule has 1 aliphatic heterocycles. The van der Waals surface area contributed by atoms with Gasteiger partial charge in [-0.2, -0.15) is 0 Å². The second-order valence-electron chi connectivity index (χ2n) is 9.88. The van der Waals surface area contributed by atoms with Gasteiger partial charge in [-0.15, -0.1) is 0 Å². The van der Waals surface area contributed by atoms with Crippen molar-refractivity contribution in [3.63, 3.8) is 0 Å². The van der Waals surface area contributed by atoms with Crippen LogP contribution in [0.4, 0.5) is 15.9 Å². The van der Waals surface area contributed by atoms with Crippen LogP contribution in [0.1, 0.15) is 44.9 Å². The van der Waals surface area contributed by atoms with E-state index >= 15 is 0 Å². The molecular formula is C28H33ClFN5O3. The zero-order valence-corrected chi connectivity index (χ0v) is 22.4. The summed E-state index contributed by atoms with van der Waals surface area (Å²) in [5, 5.41) is 6.58. The SMILES string of the molecule is CNC(=O)[C@H]1CCCCN1[C@H]1CC[C@H](Oc2cc3c(Nc4cccc(Cl)c4F)ncnc3cc2OC)CC1. The Balaban J connectivity index is 1.33. The van der Waals surface area contributed by atoms with Crippen LogP contribution in [0.5, 0.6) is 11.5 Å². The summed E-state index contributed by atoms with van der Waals surface area (Å²) in [5.74, 6) is 1.18. The van der Waals surface area contributed by atoms with E-state index in [4.69, 9.17) is 21.1 Å². The number of carbonyl (C=O) groups is 1. The molecule has 1 atom stereocenters. The van der Waals surface area contributed by atoms with E-state index in [0.29, 0.717) is 34.3 Å². The standard InChI is InChI=1S/C28H33ClFN5O3/c1-31-28(36)23-8-3-4-13-35(23)17-9-11-18(12-10-17)38-25-14-19-22(15-24(25)37-2)32-16-33-27(19)34-21-7-5-6-20(29)26(21)30/h5-7,14-18,23H,3-4,8-13H2,1-2H3,(H,31,36)(H,32,33,34)/t17-,18-,23-/m1/s1. The highest BCUT2D eigenvalue weighted by molar-refractivity contribution is 6.31. The van der Waals surface area contributed by atoms with E-state index in [9.17, 15) is 9.18 Å². The zero-order valence-electron chi connectivity index (χ0n) is 21.7. The van der Waals surface area contributed by atoms with Crippen LogP contribution >= 0.6 is 11.6 Å². The Morgan fingerprint density at radius 3 is 2.68 bits per heavy atom. The first-order valence-electron chi connectivity index (χ1n) is 13.2. The topological polar surface area (TPSA) is 88.6 Å². The fraction of sp³-hybridized carbons (Fsp3) is 0.464. The third kappa shape index (κ3) is 5.49. The van der Waals surface area contributed by atoms with Gasteiger partial charge in [-0.1, -0.05) is 24.1 Å². The van der Waals surface area contributed by atoms with Gasteiger partial charge in [0.05, 0.1) is 35.5 Å². The molecule has 2 heterocycles. The molecule has 1 aliphatic carbocycles. The number of amides is 1. The number of hydrogen-bond donors (Lipinski definition) is 2. The van der Waals surface area contributed by atoms with Crippen LogP contribution < -0.4 is 20.1 Å². The van der Waals surface area contributed by atoms with Crippen molar-refractivity contribution < 1.29 is 18.7 Å². The lowest BCUT2D eigenvalue weighted by atomic mass is 9.88. The average molecular weight is 542 g/mol. The molecule has 0 spiro atoms. The van der Waals surface area contributed by atoms with E-state index in [2.05, 4.69) is 25.5 Å². The molecule has 1 amide bonds. The Bertz CT molecular complexity index is 1300. The quantitative estimate of drug-likeness (QED) is 0.410. The summed E-state index contributed by atoms with van der Waals surface area (Å²) in [7, 11) is 3.32. The lowest BCUT2D eigenvalue weighted by molar-refractivity contribution is -0.128. The summed E-state index contributed by atoms with van der Waals surface area (Å²) < 4.78 is 26.6. The van der Waals surface area contributed by atoms with Crippen LogP contribution in [0, 0.1) is 5.82 Å². The van der Waals surface area contributed by atoms with Crippen LogP contribution in [0.2, 0.25) is 5.02 Å². The highest BCUT2D eigenvalue weighted by Gasteiger charge is 2.35. The van der Waals surface area contributed by atoms with Crippen LogP contribution in [-0.4, -0.2) is 59.7 Å². The number of ether oxygens (including phenoxy) is 2. The summed E-state index contributed by atoms with van der Waals surface area (Å²) in [4.78, 5) is 23.6. The second kappa shape index (κ2) is 11.7. The summed E-state index contributed by atoms with van der Waals surface area (Å²) in [6, 6.07) is 8.77. The highest BCUT2D eigenvalue weighted by Crippen LogP contribution is 2.38. The fourth-order valence-electron chi connectivity index (χ4n) is 5.66. The fourth-order valence-corrected chi connectivity index (χ4v) is 5.83. The molecule has 38 heavy (non-hydrogen) atoms. The van der Waals surface area contributed by atoms with Gasteiger partial charge < -0.3 is 20.1 Å². The van der Waals surface area contributed by atoms with Gasteiger partial charge in [-0.05, 0) is 63.3 Å². The van der Waals surface area contributed by atoms with Crippen molar-refractivity contribution in [1.29, 1.82) is 0 Å². The van der Waals surface area contributed by atoms with E-state index < -0.39 is 5.82 Å². The molecule has 0 unspecified atom stereocenters. The molecular weight excluding hydrogens is 509 g/mol. The van der Waals surface area contributed by atoms with Crippen molar-refractivity contribution in [2.45, 2.75) is 63.1 Å². The number of methoxy groups -OCH3 is 1. The molecule has 10 heteroatoms. The number of anilines is 2. The van der Waals surface area contributed by atoms with Crippen molar-refractivity contribution >= 4 is 39.9 Å². The van der Waals surface area contributed by atoms with Crippen LogP contribution in [-0.2, 0) is 4.79 Å². The van der Waals surface area contributed by atoms with Crippen LogP contribution in [0.3, 0.4) is 0 Å². The van der Waals surface area contributed by atoms with Gasteiger partial charge in [0.1, 0.15) is 12.1 Å². The van der Waals surface area contributed by atoms with Crippen molar-refractivity contribution in [1.82, 2.24) is 20.2 Å². The Morgan fingerprint density at radius 1 is 1.11 bits per heavy atom. The lowest BCUT2D eigenvalue weighted by Crippen LogP contribution is -2.54. The largest absolute Gasteiger partial charge is 0.493 e. The minimum atomic E-state index is -0.546. The Hall–Kier alpha value is -3.17. The van der Waals surface area contributed by atoms with Gasteiger partial charge in [0.2, 0.25) is 5.91 Å². The third-order valence-electron chi connectivity index (χ3n) is 7.63. The molecule has 2 N–H and O–H groups in total. The van der Waals surface area contributed by atoms with Gasteiger partial charge in [-0.25, -0.2) is 14.4 Å². The van der Waals surface area contributed by atoms with Gasteiger partial charge in [0, 0.05) is 24.5 Å². The number of aromatic nitrogens is 2. The van der Waals surface area contributed by atoms with Crippen molar-refractivity contribution in [2.24, 2.45) is 0 Å². The predicted octanol–water partition coefficient (Wildman–Crippen LogP) is 5.47. The number of likely N-dealkylation sites (N-methyl/N-ethyl adjacent to an activating group) is 1. The van der Waals surface area contributed by atoms with E-state index in [1.54, 1.807) is 32.4 Å². The normalized spacial score (nSPS) is 22.2. The maximum absolute atomic E-state index is 14.5. The van der Waals surface area contributed by atoms with Crippen molar-refractivity contribution in [3.05, 3.63) is 47.5 Å². The monoisotopic (exact) mass is 541 g/mol. The minimum absolute atomic E-state index is 0.0206. The number of hydrogen-bond acceptors (Lipinski definition) is 7. The number of nitrogens with one attached hydrogen (secondary N) is 2. The van der Waals surface area contributed by atoms with E-state index in [-0.39, 0.29) is 28.8 Å². The number of carbonyl (C=O) groups excluding carboxylic acids is 1. The average Bonchev–Trinajstić information content (AvgIpc) is 2.95. The number of fused-ring (bicyclic) bond motifs is 1. The molecule has 202 valence electrons. The van der Waals surface area contributed by atoms with Crippen molar-refractivity contribution in [2.75, 3.05) is 26.0 Å². The lowest BCUT2D eigenvalue weighted by Gasteiger charge is -2.43. The molecule has 1 saturated carbocycles. The molecule has 2 fully saturated rings. The number of piperidine rings is 1. The molecule has 0 bridgehead atoms. The molecule has 3 aromatic rings. The molecule has 2 aliphatic rings. The van der Waals surface area contributed by atoms with Gasteiger partial charge in [0.15, 0.2) is 17.3 Å². The number of rotatable bonds is 7. The molecule has 8 nitrogen and oxygen atoms in total. The molecule has 1 aromatic heterocycles. The first-order chi connectivity index (χ1) is 18.5. The van der Waals surface area contributed by atoms with E-state index in [1.165, 1.54) is 12.4 Å². The number of halogens is 2. The van der Waals surface area contributed by atoms with E-state index in [0.717, 1.165) is 51.5 Å². The first kappa shape index (κ1) is 26.4. The Morgan fingerprint density at radius 2 is 1.92 bits per heavy atom. The number of likely N-dealkylation sites (tertiary alicyclic amines) is 1. The predicted molar refractivity (Wildman–Crippen MR) is 146 cm³/mol. The maximum Gasteiger partial charge on any atom is 0.237 e. The molecule has 5 rings (SSSR count). The molecule has 2 aromatic carbocycles. The van der Waals surface area contributed by atoms with Gasteiger partial charge in [0.25, 0.3) is 0 Å². The Labute approximate surface area is 226 Å². The summed E-state index contributed by atoms with van der Waals surface area (Å²) in [5.41, 5.74) is 0.866.